The Morgan fingerprint density at radius 2 is 1.45 bits per heavy atom. The smallest absolute Gasteiger partial charge is 0.321 e. The summed E-state index contributed by atoms with van der Waals surface area (Å²) in [6.45, 7) is 1.61. The molecule has 0 radical (unpaired) electrons. The van der Waals surface area contributed by atoms with E-state index in [0.29, 0.717) is 17.1 Å². The Bertz CT molecular complexity index is 1000. The minimum Gasteiger partial charge on any atom is -0.325 e. The standard InChI is InChI=1S/C23H24N4O2/c28-22(21-20-8-4-3-7-17(20)13-14-24-21)25-18-9-11-19(12-10-18)26-23(29)27-15-5-1-2-6-16-27/h3-4,7-14H,1-2,5-6,15-16H2,(H,25,28)(H,26,29). The second kappa shape index (κ2) is 8.73. The Morgan fingerprint density at radius 1 is 0.793 bits per heavy atom. The Hall–Kier alpha value is -3.41. The molecule has 148 valence electrons. The fourth-order valence-corrected chi connectivity index (χ4v) is 3.60. The summed E-state index contributed by atoms with van der Waals surface area (Å²) in [5, 5.41) is 7.60. The van der Waals surface area contributed by atoms with Crippen molar-refractivity contribution in [2.45, 2.75) is 25.7 Å². The molecule has 6 heteroatoms. The van der Waals surface area contributed by atoms with Gasteiger partial charge in [-0.3, -0.25) is 9.78 Å². The molecule has 1 aromatic heterocycles. The number of nitrogens with zero attached hydrogens (tertiary/aromatic N) is 2. The lowest BCUT2D eigenvalue weighted by atomic mass is 10.1. The number of hydrogen-bond donors (Lipinski definition) is 2. The third kappa shape index (κ3) is 4.54. The first-order chi connectivity index (χ1) is 14.2. The summed E-state index contributed by atoms with van der Waals surface area (Å²) >= 11 is 0. The van der Waals surface area contributed by atoms with Crippen LogP contribution in [0.3, 0.4) is 0 Å². The van der Waals surface area contributed by atoms with Gasteiger partial charge in [0, 0.05) is 36.0 Å². The number of nitrogens with one attached hydrogen (secondary N) is 2. The molecular formula is C23H24N4O2. The van der Waals surface area contributed by atoms with Gasteiger partial charge in [-0.15, -0.1) is 0 Å². The summed E-state index contributed by atoms with van der Waals surface area (Å²) < 4.78 is 0. The molecule has 1 aliphatic rings. The molecule has 1 aliphatic heterocycles. The van der Waals surface area contributed by atoms with Gasteiger partial charge in [0.25, 0.3) is 5.91 Å². The second-order valence-corrected chi connectivity index (χ2v) is 7.24. The molecule has 2 heterocycles. The molecule has 6 nitrogen and oxygen atoms in total. The maximum atomic E-state index is 12.7. The Morgan fingerprint density at radius 3 is 2.17 bits per heavy atom. The molecule has 4 rings (SSSR count). The number of rotatable bonds is 3. The van der Waals surface area contributed by atoms with Crippen molar-refractivity contribution in [1.29, 1.82) is 0 Å². The largest absolute Gasteiger partial charge is 0.325 e. The minimum atomic E-state index is -0.261. The van der Waals surface area contributed by atoms with Crippen LogP contribution in [0.4, 0.5) is 16.2 Å². The van der Waals surface area contributed by atoms with Crippen molar-refractivity contribution in [3.8, 4) is 0 Å². The van der Waals surface area contributed by atoms with Crippen LogP contribution < -0.4 is 10.6 Å². The summed E-state index contributed by atoms with van der Waals surface area (Å²) in [5.74, 6) is -0.261. The van der Waals surface area contributed by atoms with Crippen LogP contribution in [0.25, 0.3) is 10.8 Å². The van der Waals surface area contributed by atoms with Crippen LogP contribution in [-0.4, -0.2) is 34.9 Å². The first kappa shape index (κ1) is 18.9. The van der Waals surface area contributed by atoms with E-state index in [1.165, 1.54) is 12.8 Å². The molecule has 29 heavy (non-hydrogen) atoms. The highest BCUT2D eigenvalue weighted by Crippen LogP contribution is 2.19. The average Bonchev–Trinajstić information content (AvgIpc) is 3.04. The van der Waals surface area contributed by atoms with Crippen molar-refractivity contribution in [3.63, 3.8) is 0 Å². The first-order valence-corrected chi connectivity index (χ1v) is 10.0. The first-order valence-electron chi connectivity index (χ1n) is 10.0. The number of benzene rings is 2. The van der Waals surface area contributed by atoms with E-state index in [4.69, 9.17) is 0 Å². The number of aromatic nitrogens is 1. The number of fused-ring (bicyclic) bond motifs is 1. The number of likely N-dealkylation sites (tertiary alicyclic amines) is 1. The van der Waals surface area contributed by atoms with Gasteiger partial charge in [-0.1, -0.05) is 37.1 Å². The van der Waals surface area contributed by atoms with E-state index in [1.807, 2.05) is 35.2 Å². The van der Waals surface area contributed by atoms with Crippen LogP contribution in [0, 0.1) is 0 Å². The molecule has 0 spiro atoms. The molecule has 2 aromatic carbocycles. The quantitative estimate of drug-likeness (QED) is 0.670. The summed E-state index contributed by atoms with van der Waals surface area (Å²) in [7, 11) is 0. The number of anilines is 2. The van der Waals surface area contributed by atoms with Gasteiger partial charge in [0.05, 0.1) is 0 Å². The molecule has 1 saturated heterocycles. The van der Waals surface area contributed by atoms with Crippen LogP contribution in [0.1, 0.15) is 36.2 Å². The van der Waals surface area contributed by atoms with Crippen LogP contribution in [-0.2, 0) is 0 Å². The molecule has 3 aromatic rings. The molecule has 0 bridgehead atoms. The number of amides is 3. The van der Waals surface area contributed by atoms with E-state index in [0.717, 1.165) is 36.7 Å². The van der Waals surface area contributed by atoms with Gasteiger partial charge in [0.15, 0.2) is 0 Å². The third-order valence-electron chi connectivity index (χ3n) is 5.18. The lowest BCUT2D eigenvalue weighted by Gasteiger charge is -2.20. The average molecular weight is 388 g/mol. The predicted octanol–water partition coefficient (Wildman–Crippen LogP) is 4.90. The van der Waals surface area contributed by atoms with Crippen molar-refractivity contribution in [3.05, 3.63) is 66.5 Å². The minimum absolute atomic E-state index is 0.0661. The molecule has 0 aliphatic carbocycles. The fraction of sp³-hybridized carbons (Fsp3) is 0.261. The zero-order chi connectivity index (χ0) is 20.1. The van der Waals surface area contributed by atoms with Crippen LogP contribution in [0.5, 0.6) is 0 Å². The Kier molecular flexibility index (Phi) is 5.70. The molecule has 3 amide bonds. The Labute approximate surface area is 169 Å². The molecule has 1 fully saturated rings. The van der Waals surface area contributed by atoms with Crippen molar-refractivity contribution in [2.75, 3.05) is 23.7 Å². The maximum absolute atomic E-state index is 12.7. The van der Waals surface area contributed by atoms with E-state index < -0.39 is 0 Å². The SMILES string of the molecule is O=C(Nc1ccc(NC(=O)N2CCCCCC2)cc1)c1nccc2ccccc12. The van der Waals surface area contributed by atoms with Crippen LogP contribution in [0.2, 0.25) is 0 Å². The zero-order valence-corrected chi connectivity index (χ0v) is 16.2. The molecule has 0 unspecified atom stereocenters. The third-order valence-corrected chi connectivity index (χ3v) is 5.18. The summed E-state index contributed by atoms with van der Waals surface area (Å²) in [4.78, 5) is 31.2. The van der Waals surface area contributed by atoms with E-state index >= 15 is 0 Å². The number of urea groups is 1. The van der Waals surface area contributed by atoms with Crippen molar-refractivity contribution in [2.24, 2.45) is 0 Å². The van der Waals surface area contributed by atoms with Crippen molar-refractivity contribution >= 4 is 34.1 Å². The van der Waals surface area contributed by atoms with Crippen LogP contribution in [0.15, 0.2) is 60.8 Å². The Balaban J connectivity index is 1.41. The fourth-order valence-electron chi connectivity index (χ4n) is 3.60. The monoisotopic (exact) mass is 388 g/mol. The van der Waals surface area contributed by atoms with Crippen molar-refractivity contribution < 1.29 is 9.59 Å². The number of pyridine rings is 1. The summed E-state index contributed by atoms with van der Waals surface area (Å²) in [6.07, 6.45) is 6.12. The molecule has 0 atom stereocenters. The normalized spacial score (nSPS) is 14.3. The molecule has 2 N–H and O–H groups in total. The van der Waals surface area contributed by atoms with Crippen LogP contribution >= 0.6 is 0 Å². The number of carbonyl (C=O) groups is 2. The number of carbonyl (C=O) groups excluding carboxylic acids is 2. The summed E-state index contributed by atoms with van der Waals surface area (Å²) in [5.41, 5.74) is 1.75. The molecule has 0 saturated carbocycles. The van der Waals surface area contributed by atoms with Gasteiger partial charge >= 0.3 is 6.03 Å². The van der Waals surface area contributed by atoms with Crippen molar-refractivity contribution in [1.82, 2.24) is 9.88 Å². The predicted molar refractivity (Wildman–Crippen MR) is 115 cm³/mol. The number of hydrogen-bond acceptors (Lipinski definition) is 3. The van der Waals surface area contributed by atoms with E-state index in [2.05, 4.69) is 15.6 Å². The highest BCUT2D eigenvalue weighted by molar-refractivity contribution is 6.11. The topological polar surface area (TPSA) is 74.3 Å². The zero-order valence-electron chi connectivity index (χ0n) is 16.2. The van der Waals surface area contributed by atoms with E-state index in [-0.39, 0.29) is 11.9 Å². The van der Waals surface area contributed by atoms with Gasteiger partial charge in [0.2, 0.25) is 0 Å². The lowest BCUT2D eigenvalue weighted by Crippen LogP contribution is -2.35. The van der Waals surface area contributed by atoms with E-state index in [1.54, 1.807) is 30.5 Å². The maximum Gasteiger partial charge on any atom is 0.321 e. The highest BCUT2D eigenvalue weighted by Gasteiger charge is 2.16. The van der Waals surface area contributed by atoms with Gasteiger partial charge in [-0.05, 0) is 48.6 Å². The lowest BCUT2D eigenvalue weighted by molar-refractivity contribution is 0.102. The second-order valence-electron chi connectivity index (χ2n) is 7.24. The van der Waals surface area contributed by atoms with E-state index in [9.17, 15) is 9.59 Å². The summed E-state index contributed by atoms with van der Waals surface area (Å²) in [6, 6.07) is 16.6. The highest BCUT2D eigenvalue weighted by atomic mass is 16.2. The van der Waals surface area contributed by atoms with Gasteiger partial charge in [-0.25, -0.2) is 4.79 Å². The van der Waals surface area contributed by atoms with Gasteiger partial charge < -0.3 is 15.5 Å². The van der Waals surface area contributed by atoms with Gasteiger partial charge in [-0.2, -0.15) is 0 Å². The van der Waals surface area contributed by atoms with Gasteiger partial charge in [0.1, 0.15) is 5.69 Å². The molecular weight excluding hydrogens is 364 g/mol.